The molecule has 0 unspecified atom stereocenters. The van der Waals surface area contributed by atoms with E-state index in [2.05, 4.69) is 20.3 Å². The van der Waals surface area contributed by atoms with Gasteiger partial charge in [-0.1, -0.05) is 0 Å². The first-order chi connectivity index (χ1) is 9.49. The zero-order valence-corrected chi connectivity index (χ0v) is 11.9. The topological polar surface area (TPSA) is 63.2 Å². The van der Waals surface area contributed by atoms with E-state index in [1.807, 2.05) is 0 Å². The summed E-state index contributed by atoms with van der Waals surface area (Å²) >= 11 is 5.81. The molecule has 0 amide bonds. The Bertz CT molecular complexity index is 623. The number of halogens is 2. The molecule has 20 heavy (non-hydrogen) atoms. The fourth-order valence-electron chi connectivity index (χ4n) is 1.44. The molecule has 0 aliphatic carbocycles. The predicted octanol–water partition coefficient (Wildman–Crippen LogP) is 2.48. The standard InChI is InChI=1S/C12H13ClFN5O/c1-19(2)12-17-10(13)16-11(18-12)15-9-6-7(20-3)4-5-8(9)14/h4-6H,1-3H3,(H,15,16,17,18). The van der Waals surface area contributed by atoms with Gasteiger partial charge in [-0.15, -0.1) is 0 Å². The summed E-state index contributed by atoms with van der Waals surface area (Å²) < 4.78 is 18.8. The minimum atomic E-state index is -0.450. The minimum absolute atomic E-state index is 0.0227. The van der Waals surface area contributed by atoms with Gasteiger partial charge in [0.15, 0.2) is 0 Å². The van der Waals surface area contributed by atoms with Crippen molar-refractivity contribution in [2.24, 2.45) is 0 Å². The number of ether oxygens (including phenoxy) is 1. The fourth-order valence-corrected chi connectivity index (χ4v) is 1.60. The van der Waals surface area contributed by atoms with E-state index in [-0.39, 0.29) is 16.9 Å². The van der Waals surface area contributed by atoms with Crippen molar-refractivity contribution in [2.45, 2.75) is 0 Å². The van der Waals surface area contributed by atoms with Crippen LogP contribution in [-0.2, 0) is 0 Å². The summed E-state index contributed by atoms with van der Waals surface area (Å²) in [4.78, 5) is 13.6. The van der Waals surface area contributed by atoms with E-state index >= 15 is 0 Å². The van der Waals surface area contributed by atoms with E-state index in [0.717, 1.165) is 0 Å². The number of rotatable bonds is 4. The van der Waals surface area contributed by atoms with Gasteiger partial charge >= 0.3 is 0 Å². The molecule has 1 aromatic carbocycles. The van der Waals surface area contributed by atoms with Gasteiger partial charge in [-0.3, -0.25) is 0 Å². The highest BCUT2D eigenvalue weighted by atomic mass is 35.5. The molecule has 1 N–H and O–H groups in total. The maximum atomic E-state index is 13.7. The molecule has 0 fully saturated rings. The van der Waals surface area contributed by atoms with Crippen molar-refractivity contribution < 1.29 is 9.13 Å². The van der Waals surface area contributed by atoms with Crippen molar-refractivity contribution in [3.05, 3.63) is 29.3 Å². The van der Waals surface area contributed by atoms with Gasteiger partial charge in [0, 0.05) is 20.2 Å². The van der Waals surface area contributed by atoms with Crippen LogP contribution < -0.4 is 15.0 Å². The summed E-state index contributed by atoms with van der Waals surface area (Å²) in [5, 5.41) is 2.78. The summed E-state index contributed by atoms with van der Waals surface area (Å²) in [6, 6.07) is 4.31. The van der Waals surface area contributed by atoms with Crippen molar-refractivity contribution in [1.82, 2.24) is 15.0 Å². The summed E-state index contributed by atoms with van der Waals surface area (Å²) in [6.45, 7) is 0. The van der Waals surface area contributed by atoms with Gasteiger partial charge in [0.05, 0.1) is 12.8 Å². The van der Waals surface area contributed by atoms with Crippen molar-refractivity contribution in [3.63, 3.8) is 0 Å². The summed E-state index contributed by atoms with van der Waals surface area (Å²) in [5.74, 6) is 0.590. The second kappa shape index (κ2) is 5.87. The van der Waals surface area contributed by atoms with E-state index in [1.54, 1.807) is 19.0 Å². The van der Waals surface area contributed by atoms with E-state index in [0.29, 0.717) is 11.7 Å². The average Bonchev–Trinajstić information content (AvgIpc) is 2.40. The highest BCUT2D eigenvalue weighted by Gasteiger charge is 2.10. The molecule has 2 rings (SSSR count). The molecule has 0 aliphatic rings. The molecule has 0 aliphatic heterocycles. The molecule has 0 radical (unpaired) electrons. The molecular formula is C12H13ClFN5O. The Kier molecular flexibility index (Phi) is 4.19. The molecule has 0 saturated carbocycles. The first-order valence-electron chi connectivity index (χ1n) is 5.69. The zero-order chi connectivity index (χ0) is 14.7. The van der Waals surface area contributed by atoms with E-state index in [4.69, 9.17) is 16.3 Å². The molecule has 0 atom stereocenters. The van der Waals surface area contributed by atoms with Gasteiger partial charge in [0.1, 0.15) is 11.6 Å². The molecule has 0 spiro atoms. The van der Waals surface area contributed by atoms with Crippen molar-refractivity contribution >= 4 is 29.2 Å². The van der Waals surface area contributed by atoms with E-state index in [1.165, 1.54) is 25.3 Å². The molecule has 2 aromatic rings. The van der Waals surface area contributed by atoms with Crippen LogP contribution in [0.5, 0.6) is 5.75 Å². The van der Waals surface area contributed by atoms with Gasteiger partial charge in [-0.05, 0) is 23.7 Å². The summed E-state index contributed by atoms with van der Waals surface area (Å²) in [6.07, 6.45) is 0. The summed E-state index contributed by atoms with van der Waals surface area (Å²) in [5.41, 5.74) is 0.191. The number of nitrogens with one attached hydrogen (secondary N) is 1. The minimum Gasteiger partial charge on any atom is -0.497 e. The lowest BCUT2D eigenvalue weighted by Crippen LogP contribution is -2.14. The highest BCUT2D eigenvalue weighted by molar-refractivity contribution is 6.28. The number of hydrogen-bond acceptors (Lipinski definition) is 6. The van der Waals surface area contributed by atoms with Crippen molar-refractivity contribution in [3.8, 4) is 5.75 Å². The number of methoxy groups -OCH3 is 1. The highest BCUT2D eigenvalue weighted by Crippen LogP contribution is 2.24. The zero-order valence-electron chi connectivity index (χ0n) is 11.2. The number of anilines is 3. The fraction of sp³-hybridized carbons (Fsp3) is 0.250. The molecule has 8 heteroatoms. The molecule has 0 bridgehead atoms. The smallest absolute Gasteiger partial charge is 0.233 e. The van der Waals surface area contributed by atoms with Gasteiger partial charge in [0.2, 0.25) is 17.2 Å². The van der Waals surface area contributed by atoms with E-state index < -0.39 is 5.82 Å². The number of aromatic nitrogens is 3. The monoisotopic (exact) mass is 297 g/mol. The Morgan fingerprint density at radius 3 is 2.65 bits per heavy atom. The van der Waals surface area contributed by atoms with Crippen LogP contribution in [0.4, 0.5) is 22.0 Å². The molecule has 0 saturated heterocycles. The Hall–Kier alpha value is -2.15. The normalized spacial score (nSPS) is 10.2. The lowest BCUT2D eigenvalue weighted by atomic mass is 10.3. The molecule has 106 valence electrons. The lowest BCUT2D eigenvalue weighted by Gasteiger charge is -2.12. The maximum absolute atomic E-state index is 13.7. The Labute approximate surface area is 120 Å². The molecule has 1 heterocycles. The molecule has 1 aromatic heterocycles. The first-order valence-corrected chi connectivity index (χ1v) is 6.07. The van der Waals surface area contributed by atoms with Crippen molar-refractivity contribution in [1.29, 1.82) is 0 Å². The quantitative estimate of drug-likeness (QED) is 0.935. The van der Waals surface area contributed by atoms with Gasteiger partial charge in [-0.2, -0.15) is 15.0 Å². The Morgan fingerprint density at radius 2 is 2.00 bits per heavy atom. The van der Waals surface area contributed by atoms with Crippen LogP contribution in [-0.4, -0.2) is 36.2 Å². The third-order valence-electron chi connectivity index (χ3n) is 2.42. The predicted molar refractivity (Wildman–Crippen MR) is 75.4 cm³/mol. The maximum Gasteiger partial charge on any atom is 0.233 e. The number of nitrogens with zero attached hydrogens (tertiary/aromatic N) is 4. The Balaban J connectivity index is 2.34. The largest absolute Gasteiger partial charge is 0.497 e. The Morgan fingerprint density at radius 1 is 1.25 bits per heavy atom. The van der Waals surface area contributed by atoms with Crippen LogP contribution in [0.1, 0.15) is 0 Å². The van der Waals surface area contributed by atoms with Crippen LogP contribution >= 0.6 is 11.6 Å². The molecule has 6 nitrogen and oxygen atoms in total. The SMILES string of the molecule is COc1ccc(F)c(Nc2nc(Cl)nc(N(C)C)n2)c1. The number of hydrogen-bond donors (Lipinski definition) is 1. The van der Waals surface area contributed by atoms with Crippen molar-refractivity contribution in [2.75, 3.05) is 31.4 Å². The van der Waals surface area contributed by atoms with Gasteiger partial charge in [-0.25, -0.2) is 4.39 Å². The average molecular weight is 298 g/mol. The summed E-state index contributed by atoms with van der Waals surface area (Å²) in [7, 11) is 5.03. The van der Waals surface area contributed by atoms with E-state index in [9.17, 15) is 4.39 Å². The lowest BCUT2D eigenvalue weighted by molar-refractivity contribution is 0.414. The third kappa shape index (κ3) is 3.24. The van der Waals surface area contributed by atoms with Crippen LogP contribution in [0.15, 0.2) is 18.2 Å². The van der Waals surface area contributed by atoms with Crippen LogP contribution in [0.25, 0.3) is 0 Å². The number of benzene rings is 1. The van der Waals surface area contributed by atoms with Crippen LogP contribution in [0.3, 0.4) is 0 Å². The van der Waals surface area contributed by atoms with Crippen LogP contribution in [0, 0.1) is 5.82 Å². The van der Waals surface area contributed by atoms with Gasteiger partial charge < -0.3 is 15.0 Å². The van der Waals surface area contributed by atoms with Crippen LogP contribution in [0.2, 0.25) is 5.28 Å². The first kappa shape index (κ1) is 14.3. The third-order valence-corrected chi connectivity index (χ3v) is 2.59. The van der Waals surface area contributed by atoms with Gasteiger partial charge in [0.25, 0.3) is 0 Å². The second-order valence-corrected chi connectivity index (χ2v) is 4.43. The molecular weight excluding hydrogens is 285 g/mol. The second-order valence-electron chi connectivity index (χ2n) is 4.09.